The van der Waals surface area contributed by atoms with Gasteiger partial charge < -0.3 is 40.4 Å². The van der Waals surface area contributed by atoms with E-state index in [9.17, 15) is 4.79 Å². The number of carbonyl (C=O) groups excluding carboxylic acids is 1. The van der Waals surface area contributed by atoms with Crippen molar-refractivity contribution in [2.45, 2.75) is 20.3 Å². The fourth-order valence-corrected chi connectivity index (χ4v) is 1.41. The summed E-state index contributed by atoms with van der Waals surface area (Å²) in [4.78, 5) is 11.4. The fraction of sp³-hybridized carbons (Fsp3) is 0.188. The predicted octanol–water partition coefficient (Wildman–Crippen LogP) is 4.10. The molecule has 0 radical (unpaired) electrons. The smallest absolute Gasteiger partial charge is 0.175 e. The van der Waals surface area contributed by atoms with Gasteiger partial charge in [0.25, 0.3) is 0 Å². The van der Waals surface area contributed by atoms with Crippen molar-refractivity contribution < 1.29 is 21.9 Å². The zero-order valence-electron chi connectivity index (χ0n) is 11.2. The summed E-state index contributed by atoms with van der Waals surface area (Å²) in [5, 5.41) is 2.80. The number of anilines is 1. The summed E-state index contributed by atoms with van der Waals surface area (Å²) in [6, 6.07) is 17.5. The largest absolute Gasteiger partial charge is 0.748 e. The predicted molar refractivity (Wildman–Crippen MR) is 76.7 cm³/mol. The van der Waals surface area contributed by atoms with Gasteiger partial charge in [-0.2, -0.15) is 12.1 Å². The van der Waals surface area contributed by atoms with Gasteiger partial charge in [-0.25, -0.2) is 0 Å². The third-order valence-electron chi connectivity index (χ3n) is 2.34. The van der Waals surface area contributed by atoms with Crippen molar-refractivity contribution in [3.05, 3.63) is 66.2 Å². The molecule has 0 spiro atoms. The molecule has 1 N–H and O–H groups in total. The summed E-state index contributed by atoms with van der Waals surface area (Å²) >= 11 is 0. The molecule has 2 aromatic carbocycles. The minimum Gasteiger partial charge on any atom is -0.748 e. The zero-order chi connectivity index (χ0) is 13.2. The quantitative estimate of drug-likeness (QED) is 0.516. The van der Waals surface area contributed by atoms with Crippen LogP contribution in [0.15, 0.2) is 66.2 Å². The van der Waals surface area contributed by atoms with Crippen LogP contribution < -0.4 is 5.32 Å². The number of nitrogens with one attached hydrogen (secondary N) is 1. The minimum atomic E-state index is -0.0203. The van der Waals surface area contributed by atoms with Crippen LogP contribution in [-0.4, -0.2) is 5.91 Å². The van der Waals surface area contributed by atoms with Crippen LogP contribution in [0.4, 0.5) is 5.69 Å². The van der Waals surface area contributed by atoms with Crippen molar-refractivity contribution in [2.24, 2.45) is 0 Å². The van der Waals surface area contributed by atoms with Crippen molar-refractivity contribution in [3.8, 4) is 0 Å². The van der Waals surface area contributed by atoms with Gasteiger partial charge in [0.05, 0.1) is 0 Å². The van der Waals surface area contributed by atoms with Crippen LogP contribution in [0.1, 0.15) is 20.3 Å². The molecule has 0 unspecified atom stereocenters. The van der Waals surface area contributed by atoms with Crippen LogP contribution in [0.5, 0.6) is 0 Å². The molecule has 0 aliphatic carbocycles. The summed E-state index contributed by atoms with van der Waals surface area (Å²) in [5.74, 6) is -0.0203. The molecule has 2 rings (SSSR count). The van der Waals surface area contributed by atoms with E-state index in [0.717, 1.165) is 17.7 Å². The average Bonchev–Trinajstić information content (AvgIpc) is 3.05. The number of amides is 1. The van der Waals surface area contributed by atoms with Crippen LogP contribution >= 0.6 is 0 Å². The van der Waals surface area contributed by atoms with E-state index in [4.69, 9.17) is 0 Å². The molecule has 1 amide bonds. The van der Waals surface area contributed by atoms with E-state index in [1.54, 1.807) is 0 Å². The van der Waals surface area contributed by atoms with E-state index in [1.807, 2.05) is 74.5 Å². The molecular formula is C16H19FeNO-6. The topological polar surface area (TPSA) is 29.1 Å². The first-order valence-electron chi connectivity index (χ1n) is 6.10. The maximum Gasteiger partial charge on any atom is 0.175 e. The zero-order valence-corrected chi connectivity index (χ0v) is 12.3. The summed E-state index contributed by atoms with van der Waals surface area (Å²) in [7, 11) is 0. The molecule has 2 nitrogen and oxygen atoms in total. The van der Waals surface area contributed by atoms with Gasteiger partial charge in [-0.1, -0.05) is 18.7 Å². The van der Waals surface area contributed by atoms with Crippen LogP contribution in [0.3, 0.4) is 0 Å². The Kier molecular flexibility index (Phi) is 9.50. The Morgan fingerprint density at radius 2 is 1.63 bits per heavy atom. The second-order valence-electron chi connectivity index (χ2n) is 3.89. The van der Waals surface area contributed by atoms with Crippen molar-refractivity contribution in [1.29, 1.82) is 0 Å². The summed E-state index contributed by atoms with van der Waals surface area (Å²) in [5.41, 5.74) is 1.62. The van der Waals surface area contributed by atoms with Gasteiger partial charge in [-0.3, -0.25) is 0 Å². The van der Waals surface area contributed by atoms with E-state index in [0.29, 0.717) is 0 Å². The standard InChI is InChI=1S/C11H14NO.C5H5.Fe/c1-3-6-9(2)11(13)12-10-7-4-5-8-10;1-2-4-5-3-1;/h4-8H,3H2,1-2H3,(H,12,13);1-5H;/q-1;-5;. The third-order valence-corrected chi connectivity index (χ3v) is 2.34. The third kappa shape index (κ3) is 7.45. The first-order valence-corrected chi connectivity index (χ1v) is 6.10. The maximum atomic E-state index is 11.4. The van der Waals surface area contributed by atoms with Crippen molar-refractivity contribution in [3.63, 3.8) is 0 Å². The van der Waals surface area contributed by atoms with Crippen molar-refractivity contribution in [1.82, 2.24) is 0 Å². The summed E-state index contributed by atoms with van der Waals surface area (Å²) < 4.78 is 0. The molecule has 0 atom stereocenters. The van der Waals surface area contributed by atoms with E-state index in [1.165, 1.54) is 0 Å². The molecule has 0 aromatic heterocycles. The van der Waals surface area contributed by atoms with E-state index in [-0.39, 0.29) is 23.0 Å². The SMILES string of the molecule is CCC=C(C)C(=O)N[c-]1cccc1.[Fe].[cH-]1[cH-][cH-][cH-][cH-]1. The number of carbonyl (C=O) groups is 1. The Labute approximate surface area is 125 Å². The van der Waals surface area contributed by atoms with Crippen LogP contribution in [0, 0.1) is 0 Å². The van der Waals surface area contributed by atoms with Gasteiger partial charge in [0.2, 0.25) is 0 Å². The first kappa shape index (κ1) is 17.4. The summed E-state index contributed by atoms with van der Waals surface area (Å²) in [6.07, 6.45) is 2.80. The van der Waals surface area contributed by atoms with Gasteiger partial charge in [-0.15, -0.1) is 12.1 Å². The first-order chi connectivity index (χ1) is 8.74. The monoisotopic (exact) mass is 297 g/mol. The molecule has 108 valence electrons. The Bertz CT molecular complexity index is 438. The second-order valence-corrected chi connectivity index (χ2v) is 3.89. The molecule has 0 heterocycles. The maximum absolute atomic E-state index is 11.4. The Hall–Kier alpha value is -1.57. The molecule has 0 bridgehead atoms. The van der Waals surface area contributed by atoms with Gasteiger partial charge in [0.15, 0.2) is 5.91 Å². The van der Waals surface area contributed by atoms with Crippen LogP contribution in [0.2, 0.25) is 0 Å². The second kappa shape index (κ2) is 10.4. The van der Waals surface area contributed by atoms with Gasteiger partial charge in [-0.05, 0) is 18.9 Å². The van der Waals surface area contributed by atoms with Crippen molar-refractivity contribution >= 4 is 11.6 Å². The Morgan fingerprint density at radius 3 is 2.05 bits per heavy atom. The molecule has 3 heteroatoms. The Balaban J connectivity index is 0.000000454. The number of rotatable bonds is 3. The number of hydrogen-bond donors (Lipinski definition) is 1. The average molecular weight is 297 g/mol. The summed E-state index contributed by atoms with van der Waals surface area (Å²) in [6.45, 7) is 3.83. The molecule has 0 saturated heterocycles. The van der Waals surface area contributed by atoms with Gasteiger partial charge >= 0.3 is 0 Å². The molecule has 0 aliphatic rings. The van der Waals surface area contributed by atoms with E-state index in [2.05, 4.69) is 5.32 Å². The molecule has 0 saturated carbocycles. The Morgan fingerprint density at radius 1 is 1.16 bits per heavy atom. The van der Waals surface area contributed by atoms with Crippen LogP contribution in [0.25, 0.3) is 0 Å². The molecule has 2 aromatic rings. The molecule has 0 fully saturated rings. The molecular weight excluding hydrogens is 278 g/mol. The normalized spacial score (nSPS) is 9.89. The number of hydrogen-bond acceptors (Lipinski definition) is 1. The van der Waals surface area contributed by atoms with E-state index >= 15 is 0 Å². The molecule has 19 heavy (non-hydrogen) atoms. The number of allylic oxidation sites excluding steroid dienone is 1. The van der Waals surface area contributed by atoms with Gasteiger partial charge in [0, 0.05) is 17.1 Å². The van der Waals surface area contributed by atoms with Gasteiger partial charge in [0.1, 0.15) is 0 Å². The van der Waals surface area contributed by atoms with E-state index < -0.39 is 0 Å². The molecule has 0 aliphatic heterocycles. The minimum absolute atomic E-state index is 0. The van der Waals surface area contributed by atoms with Crippen LogP contribution in [-0.2, 0) is 21.9 Å². The fourth-order valence-electron chi connectivity index (χ4n) is 1.41. The van der Waals surface area contributed by atoms with Crippen molar-refractivity contribution in [2.75, 3.05) is 5.32 Å².